The summed E-state index contributed by atoms with van der Waals surface area (Å²) in [4.78, 5) is 32.1. The van der Waals surface area contributed by atoms with Crippen LogP contribution in [0.3, 0.4) is 0 Å². The average molecular weight is 442 g/mol. The number of nitriles is 1. The van der Waals surface area contributed by atoms with Gasteiger partial charge in [0.05, 0.1) is 17.9 Å². The second-order valence-corrected chi connectivity index (χ2v) is 8.53. The molecule has 1 aromatic carbocycles. The molecule has 2 aromatic heterocycles. The molecule has 0 aliphatic heterocycles. The van der Waals surface area contributed by atoms with E-state index < -0.39 is 5.91 Å². The highest BCUT2D eigenvalue weighted by molar-refractivity contribution is 5.94. The summed E-state index contributed by atoms with van der Waals surface area (Å²) < 4.78 is 5.01. The van der Waals surface area contributed by atoms with Gasteiger partial charge in [0.15, 0.2) is 5.82 Å². The highest BCUT2D eigenvalue weighted by Gasteiger charge is 2.43. The molecule has 3 atom stereocenters. The third-order valence-electron chi connectivity index (χ3n) is 6.31. The van der Waals surface area contributed by atoms with Gasteiger partial charge in [-0.3, -0.25) is 9.59 Å². The van der Waals surface area contributed by atoms with E-state index in [-0.39, 0.29) is 29.6 Å². The third-order valence-corrected chi connectivity index (χ3v) is 6.31. The zero-order valence-corrected chi connectivity index (χ0v) is 17.8. The molecular weight excluding hydrogens is 420 g/mol. The molecule has 3 aromatic rings. The summed E-state index contributed by atoms with van der Waals surface area (Å²) in [5, 5.41) is 15.8. The molecule has 5 rings (SSSR count). The minimum Gasteiger partial charge on any atom is -0.361 e. The van der Waals surface area contributed by atoms with Crippen LogP contribution in [-0.2, 0) is 11.2 Å². The molecule has 0 spiro atoms. The predicted molar refractivity (Wildman–Crippen MR) is 118 cm³/mol. The second-order valence-electron chi connectivity index (χ2n) is 8.53. The quantitative estimate of drug-likeness (QED) is 0.577. The summed E-state index contributed by atoms with van der Waals surface area (Å²) in [7, 11) is 0. The fraction of sp³-hybridized carbons (Fsp3) is 0.333. The van der Waals surface area contributed by atoms with Crippen molar-refractivity contribution in [2.45, 2.75) is 38.0 Å². The van der Waals surface area contributed by atoms with E-state index in [0.717, 1.165) is 42.4 Å². The van der Waals surface area contributed by atoms with Crippen LogP contribution in [0.5, 0.6) is 0 Å². The summed E-state index contributed by atoms with van der Waals surface area (Å²) >= 11 is 0. The van der Waals surface area contributed by atoms with Gasteiger partial charge in [0.2, 0.25) is 5.91 Å². The van der Waals surface area contributed by atoms with Gasteiger partial charge >= 0.3 is 11.8 Å². The minimum atomic E-state index is -0.733. The van der Waals surface area contributed by atoms with Crippen molar-refractivity contribution in [1.29, 1.82) is 5.26 Å². The maximum absolute atomic E-state index is 12.3. The molecule has 0 saturated heterocycles. The lowest BCUT2D eigenvalue weighted by Crippen LogP contribution is -2.15. The predicted octanol–water partition coefficient (Wildman–Crippen LogP) is 3.19. The molecule has 2 aliphatic carbocycles. The number of nitrogens with two attached hydrogens (primary N) is 1. The van der Waals surface area contributed by atoms with Crippen molar-refractivity contribution in [2.75, 3.05) is 5.32 Å². The monoisotopic (exact) mass is 442 g/mol. The van der Waals surface area contributed by atoms with Gasteiger partial charge in [-0.2, -0.15) is 10.2 Å². The SMILES string of the molecule is N#C[C@H]1C[C@H]1C(=O)Nc1cc(-c2ccc3c(c2)CCCC[C@H]3c2noc(C(N)=O)n2)ccn1. The van der Waals surface area contributed by atoms with Crippen LogP contribution < -0.4 is 11.1 Å². The Balaban J connectivity index is 1.41. The average Bonchev–Trinajstić information content (AvgIpc) is 3.51. The van der Waals surface area contributed by atoms with Gasteiger partial charge in [0, 0.05) is 12.1 Å². The van der Waals surface area contributed by atoms with Gasteiger partial charge < -0.3 is 15.6 Å². The highest BCUT2D eigenvalue weighted by Crippen LogP contribution is 2.39. The Hall–Kier alpha value is -4.06. The van der Waals surface area contributed by atoms with Crippen molar-refractivity contribution < 1.29 is 14.1 Å². The van der Waals surface area contributed by atoms with Crippen molar-refractivity contribution in [1.82, 2.24) is 15.1 Å². The first-order chi connectivity index (χ1) is 16.0. The molecule has 0 bridgehead atoms. The van der Waals surface area contributed by atoms with Gasteiger partial charge in [-0.1, -0.05) is 29.8 Å². The van der Waals surface area contributed by atoms with Gasteiger partial charge in [0.1, 0.15) is 5.82 Å². The molecule has 9 nitrogen and oxygen atoms in total. The van der Waals surface area contributed by atoms with E-state index in [0.29, 0.717) is 18.1 Å². The molecule has 2 amide bonds. The Morgan fingerprint density at radius 2 is 2.03 bits per heavy atom. The van der Waals surface area contributed by atoms with E-state index >= 15 is 0 Å². The fourth-order valence-corrected chi connectivity index (χ4v) is 4.43. The Labute approximate surface area is 190 Å². The lowest BCUT2D eigenvalue weighted by atomic mass is 9.90. The first-order valence-electron chi connectivity index (χ1n) is 11.0. The van der Waals surface area contributed by atoms with Crippen molar-refractivity contribution in [3.63, 3.8) is 0 Å². The molecule has 1 saturated carbocycles. The molecule has 0 radical (unpaired) electrons. The fourth-order valence-electron chi connectivity index (χ4n) is 4.43. The number of nitrogens with zero attached hydrogens (tertiary/aromatic N) is 4. The Bertz CT molecular complexity index is 1280. The second kappa shape index (κ2) is 8.47. The Morgan fingerprint density at radius 3 is 2.79 bits per heavy atom. The van der Waals surface area contributed by atoms with E-state index in [4.69, 9.17) is 15.5 Å². The van der Waals surface area contributed by atoms with Crippen LogP contribution in [-0.4, -0.2) is 26.9 Å². The number of anilines is 1. The lowest BCUT2D eigenvalue weighted by molar-refractivity contribution is -0.117. The molecule has 1 fully saturated rings. The number of rotatable bonds is 5. The molecule has 3 N–H and O–H groups in total. The van der Waals surface area contributed by atoms with E-state index in [1.54, 1.807) is 6.20 Å². The Kier molecular flexibility index (Phi) is 5.34. The number of fused-ring (bicyclic) bond motifs is 1. The van der Waals surface area contributed by atoms with Crippen molar-refractivity contribution in [2.24, 2.45) is 17.6 Å². The van der Waals surface area contributed by atoms with E-state index in [2.05, 4.69) is 38.6 Å². The number of carbonyl (C=O) groups is 2. The van der Waals surface area contributed by atoms with Crippen LogP contribution >= 0.6 is 0 Å². The van der Waals surface area contributed by atoms with Crippen molar-refractivity contribution in [3.05, 3.63) is 59.4 Å². The molecule has 33 heavy (non-hydrogen) atoms. The van der Waals surface area contributed by atoms with Gasteiger partial charge in [-0.05, 0) is 60.1 Å². The van der Waals surface area contributed by atoms with Gasteiger partial charge in [-0.15, -0.1) is 0 Å². The van der Waals surface area contributed by atoms with Crippen LogP contribution in [0.25, 0.3) is 11.1 Å². The number of hydrogen-bond acceptors (Lipinski definition) is 7. The number of pyridine rings is 1. The summed E-state index contributed by atoms with van der Waals surface area (Å²) in [5.41, 5.74) is 9.52. The summed E-state index contributed by atoms with van der Waals surface area (Å²) in [6, 6.07) is 12.1. The number of nitrogens with one attached hydrogen (secondary N) is 1. The number of aryl methyl sites for hydroxylation is 1. The third kappa shape index (κ3) is 4.20. The highest BCUT2D eigenvalue weighted by atomic mass is 16.5. The van der Waals surface area contributed by atoms with Crippen molar-refractivity contribution >= 4 is 17.6 Å². The van der Waals surface area contributed by atoms with E-state index in [9.17, 15) is 9.59 Å². The Morgan fingerprint density at radius 1 is 1.18 bits per heavy atom. The van der Waals surface area contributed by atoms with Gasteiger partial charge in [-0.25, -0.2) is 4.98 Å². The van der Waals surface area contributed by atoms with Gasteiger partial charge in [0.25, 0.3) is 0 Å². The summed E-state index contributed by atoms with van der Waals surface area (Å²) in [6.07, 6.45) is 6.10. The number of amides is 2. The largest absolute Gasteiger partial charge is 0.361 e. The number of aromatic nitrogens is 3. The smallest absolute Gasteiger partial charge is 0.315 e. The normalized spacial score (nSPS) is 21.4. The van der Waals surface area contributed by atoms with Crippen LogP contribution in [0.4, 0.5) is 5.82 Å². The standard InChI is InChI=1S/C24H22N6O3/c25-12-16-10-19(16)23(32)28-20-11-14(7-8-27-20)13-5-6-17-15(9-13)3-1-2-4-18(17)22-29-24(21(26)31)33-30-22/h5-9,11,16,18-19H,1-4,10H2,(H2,26,31)(H,27,28,32)/t16-,18-,19-/m1/s1. The first-order valence-corrected chi connectivity index (χ1v) is 11.0. The molecule has 2 aliphatic rings. The van der Waals surface area contributed by atoms with Crippen molar-refractivity contribution in [3.8, 4) is 17.2 Å². The molecule has 166 valence electrons. The van der Waals surface area contributed by atoms with Crippen LogP contribution in [0, 0.1) is 23.2 Å². The van der Waals surface area contributed by atoms with Crippen LogP contribution in [0.1, 0.15) is 59.2 Å². The topological polar surface area (TPSA) is 148 Å². The number of primary amides is 1. The maximum Gasteiger partial charge on any atom is 0.315 e. The number of carbonyl (C=O) groups excluding carboxylic acids is 2. The minimum absolute atomic E-state index is 0.0627. The summed E-state index contributed by atoms with van der Waals surface area (Å²) in [6.45, 7) is 0. The summed E-state index contributed by atoms with van der Waals surface area (Å²) in [5.74, 6) is -0.619. The molecule has 0 unspecified atom stereocenters. The van der Waals surface area contributed by atoms with Crippen LogP contribution in [0.2, 0.25) is 0 Å². The van der Waals surface area contributed by atoms with Crippen LogP contribution in [0.15, 0.2) is 41.1 Å². The molecule has 2 heterocycles. The van der Waals surface area contributed by atoms with E-state index in [1.807, 2.05) is 18.2 Å². The lowest BCUT2D eigenvalue weighted by Gasteiger charge is -2.15. The first kappa shape index (κ1) is 20.8. The zero-order chi connectivity index (χ0) is 22.9. The molecular formula is C24H22N6O3. The van der Waals surface area contributed by atoms with E-state index in [1.165, 1.54) is 5.56 Å². The molecule has 9 heteroatoms. The number of hydrogen-bond donors (Lipinski definition) is 2. The number of benzene rings is 1. The maximum atomic E-state index is 12.3. The zero-order valence-electron chi connectivity index (χ0n) is 17.8.